The average Bonchev–Trinajstić information content (AvgIpc) is 3.10. The highest BCUT2D eigenvalue weighted by atomic mass is 19.2. The molecule has 1 fully saturated rings. The maximum atomic E-state index is 13.2. The maximum absolute atomic E-state index is 13.2. The second-order valence-corrected chi connectivity index (χ2v) is 6.01. The molecule has 2 heterocycles. The van der Waals surface area contributed by atoms with Gasteiger partial charge in [-0.25, -0.2) is 13.5 Å². The van der Waals surface area contributed by atoms with E-state index >= 15 is 0 Å². The normalized spacial score (nSPS) is 14.5. The Morgan fingerprint density at radius 3 is 2.63 bits per heavy atom. The van der Waals surface area contributed by atoms with Crippen LogP contribution in [0.4, 0.5) is 8.78 Å². The maximum Gasteiger partial charge on any atom is 0.300 e. The topological polar surface area (TPSA) is 79.6 Å². The third kappa shape index (κ3) is 7.41. The van der Waals surface area contributed by atoms with E-state index in [9.17, 15) is 8.78 Å². The first-order chi connectivity index (χ1) is 13.0. The van der Waals surface area contributed by atoms with E-state index in [1.54, 1.807) is 6.20 Å². The van der Waals surface area contributed by atoms with E-state index in [1.165, 1.54) is 10.7 Å². The number of carboxylic acid groups (broad SMARTS) is 1. The molecule has 2 aromatic rings. The number of carboxylic acids is 1. The number of ether oxygens (including phenoxy) is 1. The van der Waals surface area contributed by atoms with Crippen molar-refractivity contribution in [2.75, 3.05) is 39.3 Å². The van der Waals surface area contributed by atoms with E-state index in [-0.39, 0.29) is 0 Å². The molecule has 7 nitrogen and oxygen atoms in total. The van der Waals surface area contributed by atoms with Crippen LogP contribution in [-0.4, -0.2) is 65.1 Å². The van der Waals surface area contributed by atoms with Gasteiger partial charge in [-0.1, -0.05) is 0 Å². The summed E-state index contributed by atoms with van der Waals surface area (Å²) in [4.78, 5) is 11.4. The molecule has 1 aliphatic heterocycles. The molecule has 3 rings (SSSR count). The Bertz CT molecular complexity index is 729. The van der Waals surface area contributed by atoms with Crippen LogP contribution >= 0.6 is 0 Å². The molecule has 0 atom stereocenters. The smallest absolute Gasteiger partial charge is 0.300 e. The number of benzene rings is 1. The van der Waals surface area contributed by atoms with E-state index in [2.05, 4.69) is 15.3 Å². The zero-order chi connectivity index (χ0) is 19.6. The fraction of sp³-hybridized carbons (Fsp3) is 0.444. The molecule has 0 amide bonds. The van der Waals surface area contributed by atoms with Crippen molar-refractivity contribution in [1.29, 1.82) is 0 Å². The number of hydrogen-bond acceptors (Lipinski definition) is 5. The van der Waals surface area contributed by atoms with E-state index < -0.39 is 17.6 Å². The van der Waals surface area contributed by atoms with Crippen molar-refractivity contribution >= 4 is 5.97 Å². The Labute approximate surface area is 156 Å². The minimum absolute atomic E-state index is 0.406. The Hall–Kier alpha value is -2.36. The zero-order valence-corrected chi connectivity index (χ0v) is 15.2. The van der Waals surface area contributed by atoms with Crippen molar-refractivity contribution < 1.29 is 23.4 Å². The van der Waals surface area contributed by atoms with Gasteiger partial charge in [0.05, 0.1) is 24.6 Å². The van der Waals surface area contributed by atoms with Gasteiger partial charge in [-0.15, -0.1) is 0 Å². The van der Waals surface area contributed by atoms with E-state index in [1.807, 2.05) is 6.07 Å². The number of halogens is 2. The first-order valence-corrected chi connectivity index (χ1v) is 8.66. The average molecular weight is 382 g/mol. The fourth-order valence-corrected chi connectivity index (χ4v) is 2.52. The van der Waals surface area contributed by atoms with Gasteiger partial charge in [-0.2, -0.15) is 5.10 Å². The third-order valence-corrected chi connectivity index (χ3v) is 3.82. The van der Waals surface area contributed by atoms with Crippen LogP contribution < -0.4 is 5.32 Å². The van der Waals surface area contributed by atoms with Crippen LogP contribution in [0.15, 0.2) is 30.5 Å². The lowest BCUT2D eigenvalue weighted by molar-refractivity contribution is -0.134. The first-order valence-electron chi connectivity index (χ1n) is 8.66. The van der Waals surface area contributed by atoms with Crippen molar-refractivity contribution in [3.8, 4) is 5.69 Å². The molecule has 0 spiro atoms. The Kier molecular flexibility index (Phi) is 8.31. The number of aromatic nitrogens is 2. The van der Waals surface area contributed by atoms with Gasteiger partial charge in [0, 0.05) is 51.9 Å². The van der Waals surface area contributed by atoms with Gasteiger partial charge in [0.15, 0.2) is 11.6 Å². The summed E-state index contributed by atoms with van der Waals surface area (Å²) in [6.45, 7) is 7.20. The molecular formula is C18H24F2N4O3. The molecule has 1 aromatic heterocycles. The predicted octanol–water partition coefficient (Wildman–Crippen LogP) is 1.66. The Morgan fingerprint density at radius 1 is 1.26 bits per heavy atom. The van der Waals surface area contributed by atoms with Gasteiger partial charge in [-0.05, 0) is 18.2 Å². The zero-order valence-electron chi connectivity index (χ0n) is 15.2. The molecule has 148 valence electrons. The number of rotatable bonds is 6. The number of aliphatic carboxylic acids is 1. The van der Waals surface area contributed by atoms with Crippen LogP contribution in [0, 0.1) is 11.6 Å². The van der Waals surface area contributed by atoms with Crippen LogP contribution in [0.2, 0.25) is 0 Å². The van der Waals surface area contributed by atoms with Gasteiger partial charge in [-0.3, -0.25) is 9.69 Å². The second-order valence-electron chi connectivity index (χ2n) is 6.01. The number of carbonyl (C=O) groups is 1. The summed E-state index contributed by atoms with van der Waals surface area (Å²) in [5, 5.41) is 15.0. The molecule has 0 radical (unpaired) electrons. The van der Waals surface area contributed by atoms with Crippen molar-refractivity contribution in [2.24, 2.45) is 0 Å². The SMILES string of the molecule is CC(=O)O.Fc1ccc(-n2ccc(COCCN3CCNCC3)n2)cc1F. The van der Waals surface area contributed by atoms with Crippen molar-refractivity contribution in [3.05, 3.63) is 47.8 Å². The predicted molar refractivity (Wildman–Crippen MR) is 95.8 cm³/mol. The quantitative estimate of drug-likeness (QED) is 0.740. The Morgan fingerprint density at radius 2 is 1.96 bits per heavy atom. The molecular weight excluding hydrogens is 358 g/mol. The van der Waals surface area contributed by atoms with Crippen LogP contribution in [-0.2, 0) is 16.1 Å². The number of nitrogens with one attached hydrogen (secondary N) is 1. The molecule has 1 saturated heterocycles. The number of piperazine rings is 1. The summed E-state index contributed by atoms with van der Waals surface area (Å²) in [6, 6.07) is 5.51. The number of hydrogen-bond donors (Lipinski definition) is 2. The first kappa shape index (κ1) is 20.9. The second kappa shape index (κ2) is 10.7. The molecule has 0 aliphatic carbocycles. The lowest BCUT2D eigenvalue weighted by Crippen LogP contribution is -2.44. The molecule has 0 saturated carbocycles. The lowest BCUT2D eigenvalue weighted by atomic mass is 10.3. The van der Waals surface area contributed by atoms with Crippen LogP contribution in [0.3, 0.4) is 0 Å². The minimum atomic E-state index is -0.883. The van der Waals surface area contributed by atoms with E-state index in [4.69, 9.17) is 14.6 Å². The Balaban J connectivity index is 0.000000596. The molecule has 1 aromatic carbocycles. The van der Waals surface area contributed by atoms with Gasteiger partial charge in [0.1, 0.15) is 0 Å². The summed E-state index contributed by atoms with van der Waals surface area (Å²) in [6.07, 6.45) is 1.71. The number of nitrogens with zero attached hydrogens (tertiary/aromatic N) is 3. The third-order valence-electron chi connectivity index (χ3n) is 3.82. The molecule has 9 heteroatoms. The van der Waals surface area contributed by atoms with Crippen LogP contribution in [0.5, 0.6) is 0 Å². The molecule has 27 heavy (non-hydrogen) atoms. The monoisotopic (exact) mass is 382 g/mol. The van der Waals surface area contributed by atoms with Gasteiger partial charge < -0.3 is 15.2 Å². The van der Waals surface area contributed by atoms with Gasteiger partial charge >= 0.3 is 0 Å². The highest BCUT2D eigenvalue weighted by Crippen LogP contribution is 2.13. The largest absolute Gasteiger partial charge is 0.481 e. The highest BCUT2D eigenvalue weighted by Gasteiger charge is 2.09. The summed E-state index contributed by atoms with van der Waals surface area (Å²) in [7, 11) is 0. The lowest BCUT2D eigenvalue weighted by Gasteiger charge is -2.26. The summed E-state index contributed by atoms with van der Waals surface area (Å²) in [5.41, 5.74) is 1.24. The van der Waals surface area contributed by atoms with E-state index in [0.29, 0.717) is 18.9 Å². The standard InChI is InChI=1S/C16H20F2N4O.C2H4O2/c17-15-2-1-14(11-16(15)18)22-6-3-13(20-22)12-23-10-9-21-7-4-19-5-8-21;1-2(3)4/h1-3,6,11,19H,4-5,7-10,12H2;1H3,(H,3,4). The summed E-state index contributed by atoms with van der Waals surface area (Å²) < 4.78 is 33.3. The highest BCUT2D eigenvalue weighted by molar-refractivity contribution is 5.62. The van der Waals surface area contributed by atoms with Gasteiger partial charge in [0.2, 0.25) is 0 Å². The van der Waals surface area contributed by atoms with Crippen LogP contribution in [0.1, 0.15) is 12.6 Å². The molecule has 1 aliphatic rings. The molecule has 2 N–H and O–H groups in total. The van der Waals surface area contributed by atoms with Crippen LogP contribution in [0.25, 0.3) is 5.69 Å². The molecule has 0 bridgehead atoms. The molecule has 0 unspecified atom stereocenters. The van der Waals surface area contributed by atoms with Crippen molar-refractivity contribution in [3.63, 3.8) is 0 Å². The fourth-order valence-electron chi connectivity index (χ4n) is 2.52. The van der Waals surface area contributed by atoms with Crippen molar-refractivity contribution in [2.45, 2.75) is 13.5 Å². The summed E-state index contributed by atoms with van der Waals surface area (Å²) in [5.74, 6) is -2.58. The van der Waals surface area contributed by atoms with E-state index in [0.717, 1.165) is 57.5 Å². The summed E-state index contributed by atoms with van der Waals surface area (Å²) >= 11 is 0. The van der Waals surface area contributed by atoms with Crippen molar-refractivity contribution in [1.82, 2.24) is 20.0 Å². The van der Waals surface area contributed by atoms with Gasteiger partial charge in [0.25, 0.3) is 5.97 Å². The minimum Gasteiger partial charge on any atom is -0.481 e.